The largest absolute Gasteiger partial charge is 0.495 e. The molecule has 8 nitrogen and oxygen atoms in total. The predicted molar refractivity (Wildman–Crippen MR) is 131 cm³/mol. The molecule has 0 aliphatic carbocycles. The Morgan fingerprint density at radius 1 is 1.18 bits per heavy atom. The van der Waals surface area contributed by atoms with Crippen LogP contribution in [0.3, 0.4) is 0 Å². The average Bonchev–Trinajstić information content (AvgIpc) is 3.21. The van der Waals surface area contributed by atoms with Crippen molar-refractivity contribution in [2.24, 2.45) is 5.92 Å². The summed E-state index contributed by atoms with van der Waals surface area (Å²) in [6, 6.07) is 13.0. The van der Waals surface area contributed by atoms with E-state index in [1.807, 2.05) is 47.7 Å². The molecule has 0 radical (unpaired) electrons. The van der Waals surface area contributed by atoms with Crippen LogP contribution in [-0.4, -0.2) is 44.5 Å². The zero-order valence-electron chi connectivity index (χ0n) is 19.2. The van der Waals surface area contributed by atoms with Crippen molar-refractivity contribution in [3.63, 3.8) is 0 Å². The van der Waals surface area contributed by atoms with E-state index in [2.05, 4.69) is 29.4 Å². The summed E-state index contributed by atoms with van der Waals surface area (Å²) in [6.45, 7) is 6.84. The number of thioether (sulfide) groups is 1. The maximum absolute atomic E-state index is 13.5. The summed E-state index contributed by atoms with van der Waals surface area (Å²) in [7, 11) is 1.57. The van der Waals surface area contributed by atoms with Crippen molar-refractivity contribution in [2.45, 2.75) is 32.3 Å². The van der Waals surface area contributed by atoms with E-state index in [0.29, 0.717) is 45.7 Å². The molecule has 9 heteroatoms. The van der Waals surface area contributed by atoms with Gasteiger partial charge in [0.05, 0.1) is 29.5 Å². The van der Waals surface area contributed by atoms with Gasteiger partial charge in [-0.1, -0.05) is 43.8 Å². The van der Waals surface area contributed by atoms with E-state index in [9.17, 15) is 9.59 Å². The number of aromatic nitrogens is 4. The first-order valence-electron chi connectivity index (χ1n) is 10.8. The Kier molecular flexibility index (Phi) is 6.69. The fourth-order valence-corrected chi connectivity index (χ4v) is 4.42. The van der Waals surface area contributed by atoms with Crippen LogP contribution in [0.2, 0.25) is 0 Å². The third-order valence-electron chi connectivity index (χ3n) is 5.35. The SMILES string of the molecule is COc1ccc(C)cc1-n1c(=O)c2ccccc2n2c(SCC(=O)NCCC(C)C)nnc12. The second-order valence-corrected chi connectivity index (χ2v) is 9.21. The van der Waals surface area contributed by atoms with Crippen LogP contribution in [0.15, 0.2) is 52.4 Å². The smallest absolute Gasteiger partial charge is 0.267 e. The minimum absolute atomic E-state index is 0.0598. The van der Waals surface area contributed by atoms with Gasteiger partial charge in [-0.25, -0.2) is 4.57 Å². The van der Waals surface area contributed by atoms with E-state index in [-0.39, 0.29) is 17.2 Å². The Morgan fingerprint density at radius 2 is 1.97 bits per heavy atom. The van der Waals surface area contributed by atoms with Gasteiger partial charge in [-0.3, -0.25) is 14.0 Å². The number of rotatable bonds is 8. The van der Waals surface area contributed by atoms with Crippen LogP contribution in [0, 0.1) is 12.8 Å². The lowest BCUT2D eigenvalue weighted by Gasteiger charge is -2.14. The summed E-state index contributed by atoms with van der Waals surface area (Å²) >= 11 is 1.29. The molecule has 0 aliphatic rings. The maximum Gasteiger partial charge on any atom is 0.267 e. The highest BCUT2D eigenvalue weighted by atomic mass is 32.2. The number of methoxy groups -OCH3 is 1. The van der Waals surface area contributed by atoms with Crippen molar-refractivity contribution in [1.29, 1.82) is 0 Å². The number of carbonyl (C=O) groups excluding carboxylic acids is 1. The lowest BCUT2D eigenvalue weighted by molar-refractivity contribution is -0.118. The standard InChI is InChI=1S/C24H27N5O3S/c1-15(2)11-12-25-21(30)14-33-24-27-26-23-28(19-13-16(3)9-10-20(19)32-4)22(31)17-7-5-6-8-18(17)29(23)24/h5-10,13,15H,11-12,14H2,1-4H3,(H,25,30). The topological polar surface area (TPSA) is 90.5 Å². The number of nitrogens with one attached hydrogen (secondary N) is 1. The molecule has 172 valence electrons. The van der Waals surface area contributed by atoms with Crippen LogP contribution in [0.25, 0.3) is 22.4 Å². The molecule has 0 bridgehead atoms. The molecule has 0 atom stereocenters. The van der Waals surface area contributed by atoms with E-state index in [1.54, 1.807) is 13.2 Å². The Morgan fingerprint density at radius 3 is 2.73 bits per heavy atom. The number of benzene rings is 2. The molecule has 2 aromatic carbocycles. The van der Waals surface area contributed by atoms with Crippen LogP contribution in [0.5, 0.6) is 5.75 Å². The molecule has 2 heterocycles. The number of hydrogen-bond donors (Lipinski definition) is 1. The van der Waals surface area contributed by atoms with Gasteiger partial charge in [0, 0.05) is 6.54 Å². The first-order valence-corrected chi connectivity index (χ1v) is 11.8. The fraction of sp³-hybridized carbons (Fsp3) is 0.333. The number of fused-ring (bicyclic) bond motifs is 3. The Bertz CT molecular complexity index is 1380. The van der Waals surface area contributed by atoms with Crippen molar-refractivity contribution in [3.8, 4) is 11.4 Å². The molecule has 33 heavy (non-hydrogen) atoms. The van der Waals surface area contributed by atoms with Gasteiger partial charge < -0.3 is 10.1 Å². The zero-order valence-corrected chi connectivity index (χ0v) is 20.0. The highest BCUT2D eigenvalue weighted by Crippen LogP contribution is 2.27. The molecule has 0 saturated heterocycles. The lowest BCUT2D eigenvalue weighted by Crippen LogP contribution is -2.27. The summed E-state index contributed by atoms with van der Waals surface area (Å²) < 4.78 is 8.88. The monoisotopic (exact) mass is 465 g/mol. The molecule has 0 fully saturated rings. The van der Waals surface area contributed by atoms with Gasteiger partial charge in [-0.15, -0.1) is 10.2 Å². The first kappa shape index (κ1) is 22.8. The van der Waals surface area contributed by atoms with Crippen molar-refractivity contribution in [1.82, 2.24) is 24.5 Å². The summed E-state index contributed by atoms with van der Waals surface area (Å²) in [6.07, 6.45) is 0.930. The van der Waals surface area contributed by atoms with E-state index in [0.717, 1.165) is 12.0 Å². The molecule has 0 unspecified atom stereocenters. The van der Waals surface area contributed by atoms with Crippen LogP contribution in [0.4, 0.5) is 0 Å². The van der Waals surface area contributed by atoms with E-state index >= 15 is 0 Å². The molecule has 2 aromatic heterocycles. The molecule has 0 aliphatic heterocycles. The van der Waals surface area contributed by atoms with Gasteiger partial charge in [-0.2, -0.15) is 0 Å². The third-order valence-corrected chi connectivity index (χ3v) is 6.28. The van der Waals surface area contributed by atoms with Crippen LogP contribution in [-0.2, 0) is 4.79 Å². The molecular formula is C24H27N5O3S. The Labute approximate surface area is 196 Å². The number of carbonyl (C=O) groups is 1. The Balaban J connectivity index is 1.81. The summed E-state index contributed by atoms with van der Waals surface area (Å²) in [5.74, 6) is 1.60. The minimum Gasteiger partial charge on any atom is -0.495 e. The van der Waals surface area contributed by atoms with E-state index < -0.39 is 0 Å². The van der Waals surface area contributed by atoms with Gasteiger partial charge in [0.25, 0.3) is 5.56 Å². The molecule has 0 spiro atoms. The van der Waals surface area contributed by atoms with Crippen molar-refractivity contribution < 1.29 is 9.53 Å². The quantitative estimate of drug-likeness (QED) is 0.400. The van der Waals surface area contributed by atoms with Gasteiger partial charge in [0.2, 0.25) is 11.7 Å². The highest BCUT2D eigenvalue weighted by molar-refractivity contribution is 7.99. The van der Waals surface area contributed by atoms with E-state index in [4.69, 9.17) is 4.74 Å². The highest BCUT2D eigenvalue weighted by Gasteiger charge is 2.20. The molecule has 0 saturated carbocycles. The predicted octanol–water partition coefficient (Wildman–Crippen LogP) is 3.60. The molecule has 4 aromatic rings. The summed E-state index contributed by atoms with van der Waals surface area (Å²) in [5.41, 5.74) is 2.05. The lowest BCUT2D eigenvalue weighted by atomic mass is 10.1. The van der Waals surface area contributed by atoms with Crippen LogP contribution in [0.1, 0.15) is 25.8 Å². The molecular weight excluding hydrogens is 438 g/mol. The van der Waals surface area contributed by atoms with Gasteiger partial charge >= 0.3 is 0 Å². The molecule has 4 rings (SSSR count). The molecule has 1 N–H and O–H groups in total. The zero-order chi connectivity index (χ0) is 23.5. The number of amides is 1. The summed E-state index contributed by atoms with van der Waals surface area (Å²) in [4.78, 5) is 25.8. The van der Waals surface area contributed by atoms with Gasteiger partial charge in [-0.05, 0) is 49.1 Å². The van der Waals surface area contributed by atoms with Crippen molar-refractivity contribution in [2.75, 3.05) is 19.4 Å². The number of hydrogen-bond acceptors (Lipinski definition) is 6. The minimum atomic E-state index is -0.211. The normalized spacial score (nSPS) is 11.4. The van der Waals surface area contributed by atoms with Gasteiger partial charge in [0.15, 0.2) is 5.16 Å². The van der Waals surface area contributed by atoms with Gasteiger partial charge in [0.1, 0.15) is 5.75 Å². The molecule has 1 amide bonds. The van der Waals surface area contributed by atoms with Crippen molar-refractivity contribution in [3.05, 3.63) is 58.4 Å². The fourth-order valence-electron chi connectivity index (χ4n) is 3.65. The van der Waals surface area contributed by atoms with Crippen molar-refractivity contribution >= 4 is 34.3 Å². The maximum atomic E-state index is 13.5. The third kappa shape index (κ3) is 4.59. The second-order valence-electron chi connectivity index (χ2n) is 8.27. The van der Waals surface area contributed by atoms with Crippen LogP contribution < -0.4 is 15.6 Å². The number of nitrogens with zero attached hydrogens (tertiary/aromatic N) is 4. The summed E-state index contributed by atoms with van der Waals surface area (Å²) in [5, 5.41) is 12.7. The second kappa shape index (κ2) is 9.66. The number of ether oxygens (including phenoxy) is 1. The van der Waals surface area contributed by atoms with E-state index in [1.165, 1.54) is 16.3 Å². The number of aryl methyl sites for hydroxylation is 1. The van der Waals surface area contributed by atoms with Crippen LogP contribution >= 0.6 is 11.8 Å². The Hall–Kier alpha value is -3.33. The number of para-hydroxylation sites is 1. The first-order chi connectivity index (χ1) is 15.9. The average molecular weight is 466 g/mol.